The average molecular weight is 461 g/mol. The Kier molecular flexibility index (Phi) is 6.38. The summed E-state index contributed by atoms with van der Waals surface area (Å²) in [5.41, 5.74) is 5.76. The largest absolute Gasteiger partial charge is 0.489 e. The Bertz CT molecular complexity index is 1180. The minimum atomic E-state index is 0.148. The smallest absolute Gasteiger partial charge is 0.175 e. The predicted molar refractivity (Wildman–Crippen MR) is 142 cm³/mol. The normalized spacial score (nSPS) is 19.1. The number of nitrogens with one attached hydrogen (secondary N) is 3. The van der Waals surface area contributed by atoms with Crippen LogP contribution in [0, 0.1) is 0 Å². The van der Waals surface area contributed by atoms with Gasteiger partial charge in [-0.05, 0) is 87.3 Å². The molecule has 2 aromatic carbocycles. The van der Waals surface area contributed by atoms with Crippen LogP contribution in [0.2, 0.25) is 0 Å². The van der Waals surface area contributed by atoms with Crippen LogP contribution in [0.25, 0.3) is 16.5 Å². The highest BCUT2D eigenvalue weighted by molar-refractivity contribution is 7.80. The minimum Gasteiger partial charge on any atom is -0.489 e. The molecule has 2 unspecified atom stereocenters. The van der Waals surface area contributed by atoms with Crippen LogP contribution >= 0.6 is 12.2 Å². The second kappa shape index (κ2) is 9.57. The van der Waals surface area contributed by atoms with Crippen molar-refractivity contribution < 1.29 is 4.74 Å². The number of H-pyrrole nitrogens is 1. The highest BCUT2D eigenvalue weighted by Crippen LogP contribution is 2.36. The Balaban J connectivity index is 1.32. The quantitative estimate of drug-likeness (QED) is 0.371. The van der Waals surface area contributed by atoms with Crippen molar-refractivity contribution in [2.75, 3.05) is 23.7 Å². The molecule has 172 valence electrons. The van der Waals surface area contributed by atoms with Crippen LogP contribution in [0.15, 0.2) is 54.7 Å². The maximum absolute atomic E-state index is 6.04. The fourth-order valence-corrected chi connectivity index (χ4v) is 5.10. The van der Waals surface area contributed by atoms with Gasteiger partial charge in [-0.15, -0.1) is 0 Å². The van der Waals surface area contributed by atoms with E-state index in [2.05, 4.69) is 64.8 Å². The van der Waals surface area contributed by atoms with E-state index in [0.29, 0.717) is 11.2 Å². The lowest BCUT2D eigenvalue weighted by Crippen LogP contribution is -2.32. The summed E-state index contributed by atoms with van der Waals surface area (Å²) in [5, 5.41) is 8.44. The number of hydrogen-bond acceptors (Lipinski definition) is 3. The number of thiocarbonyl (C=S) groups is 1. The van der Waals surface area contributed by atoms with Crippen molar-refractivity contribution in [1.82, 2.24) is 9.88 Å². The Morgan fingerprint density at radius 3 is 3.00 bits per heavy atom. The van der Waals surface area contributed by atoms with Crippen molar-refractivity contribution in [2.45, 2.75) is 51.7 Å². The van der Waals surface area contributed by atoms with Gasteiger partial charge in [-0.1, -0.05) is 25.1 Å². The molecule has 1 fully saturated rings. The molecule has 6 heteroatoms. The van der Waals surface area contributed by atoms with E-state index in [1.54, 1.807) is 0 Å². The highest BCUT2D eigenvalue weighted by atomic mass is 32.1. The number of benzene rings is 2. The molecule has 5 rings (SSSR count). The fourth-order valence-electron chi connectivity index (χ4n) is 4.87. The molecule has 0 radical (unpaired) electrons. The third kappa shape index (κ3) is 4.77. The van der Waals surface area contributed by atoms with Gasteiger partial charge in [0.05, 0.1) is 11.8 Å². The molecule has 2 atom stereocenters. The number of ether oxygens (including phenoxy) is 1. The Morgan fingerprint density at radius 2 is 2.12 bits per heavy atom. The molecule has 0 spiro atoms. The van der Waals surface area contributed by atoms with Gasteiger partial charge in [0.15, 0.2) is 5.11 Å². The van der Waals surface area contributed by atoms with Crippen molar-refractivity contribution in [3.05, 3.63) is 60.3 Å². The predicted octanol–water partition coefficient (Wildman–Crippen LogP) is 6.41. The molecule has 2 aliphatic heterocycles. The fraction of sp³-hybridized carbons (Fsp3) is 0.370. The number of fused-ring (bicyclic) bond motifs is 2. The molecule has 3 aromatic rings. The summed E-state index contributed by atoms with van der Waals surface area (Å²) in [6, 6.07) is 15.0. The third-order valence-corrected chi connectivity index (χ3v) is 7.05. The third-order valence-electron chi connectivity index (χ3n) is 6.85. The van der Waals surface area contributed by atoms with Gasteiger partial charge in [-0.25, -0.2) is 0 Å². The van der Waals surface area contributed by atoms with Crippen molar-refractivity contribution >= 4 is 45.2 Å². The summed E-state index contributed by atoms with van der Waals surface area (Å²) in [5.74, 6) is 0.810. The van der Waals surface area contributed by atoms with Gasteiger partial charge in [0.2, 0.25) is 0 Å². The molecule has 3 N–H and O–H groups in total. The molecule has 3 heterocycles. The summed E-state index contributed by atoms with van der Waals surface area (Å²) in [7, 11) is 0. The lowest BCUT2D eigenvalue weighted by molar-refractivity contribution is 0.218. The number of nitrogens with zero attached hydrogens (tertiary/aromatic N) is 1. The SMILES string of the molecule is CCC(C)Oc1ccccc1NC(=S)Nc1ccc2[nH]cc(C3=CCN4CCCC4C3)c2c1. The molecule has 0 aliphatic carbocycles. The molecule has 1 aromatic heterocycles. The van der Waals surface area contributed by atoms with Crippen LogP contribution < -0.4 is 15.4 Å². The van der Waals surface area contributed by atoms with Gasteiger partial charge in [-0.3, -0.25) is 4.90 Å². The molecule has 0 saturated carbocycles. The minimum absolute atomic E-state index is 0.148. The first-order chi connectivity index (χ1) is 16.1. The molecule has 2 aliphatic rings. The molecule has 1 saturated heterocycles. The lowest BCUT2D eigenvalue weighted by atomic mass is 9.94. The van der Waals surface area contributed by atoms with E-state index >= 15 is 0 Å². The van der Waals surface area contributed by atoms with Crippen LogP contribution in [0.1, 0.15) is 45.1 Å². The Labute approximate surface area is 201 Å². The van der Waals surface area contributed by atoms with Crippen LogP contribution in [0.5, 0.6) is 5.75 Å². The van der Waals surface area contributed by atoms with Crippen LogP contribution in [-0.4, -0.2) is 40.2 Å². The molecular formula is C27H32N4OS. The molecule has 0 bridgehead atoms. The van der Waals surface area contributed by atoms with Gasteiger partial charge >= 0.3 is 0 Å². The second-order valence-electron chi connectivity index (χ2n) is 9.10. The lowest BCUT2D eigenvalue weighted by Gasteiger charge is -2.29. The van der Waals surface area contributed by atoms with E-state index in [0.717, 1.165) is 42.0 Å². The standard InChI is InChI=1S/C27H32N4OS/c1-3-18(2)32-26-9-5-4-8-25(26)30-27(33)29-20-10-11-24-22(16-20)23(17-28-24)19-12-14-31-13-6-7-21(31)15-19/h4-5,8-12,16-18,21,28H,3,6-7,13-15H2,1-2H3,(H2,29,30,33). The number of aromatic nitrogens is 1. The summed E-state index contributed by atoms with van der Waals surface area (Å²) in [4.78, 5) is 6.06. The average Bonchev–Trinajstić information content (AvgIpc) is 3.46. The van der Waals surface area contributed by atoms with E-state index in [-0.39, 0.29) is 6.10 Å². The van der Waals surface area contributed by atoms with Crippen molar-refractivity contribution in [3.8, 4) is 5.75 Å². The van der Waals surface area contributed by atoms with E-state index in [1.807, 2.05) is 24.3 Å². The topological polar surface area (TPSA) is 52.3 Å². The first kappa shape index (κ1) is 22.0. The van der Waals surface area contributed by atoms with Crippen molar-refractivity contribution in [3.63, 3.8) is 0 Å². The zero-order valence-electron chi connectivity index (χ0n) is 19.4. The van der Waals surface area contributed by atoms with E-state index in [9.17, 15) is 0 Å². The number of rotatable bonds is 6. The van der Waals surface area contributed by atoms with Crippen LogP contribution in [0.4, 0.5) is 11.4 Å². The first-order valence-electron chi connectivity index (χ1n) is 12.0. The first-order valence-corrected chi connectivity index (χ1v) is 12.4. The van der Waals surface area contributed by atoms with E-state index in [4.69, 9.17) is 17.0 Å². The summed E-state index contributed by atoms with van der Waals surface area (Å²) in [6.45, 7) is 6.50. The van der Waals surface area contributed by atoms with Gasteiger partial charge in [0.1, 0.15) is 5.75 Å². The van der Waals surface area contributed by atoms with Gasteiger partial charge in [-0.2, -0.15) is 0 Å². The number of aromatic amines is 1. The Hall–Kier alpha value is -2.83. The monoisotopic (exact) mass is 460 g/mol. The van der Waals surface area contributed by atoms with E-state index < -0.39 is 0 Å². The Morgan fingerprint density at radius 1 is 1.24 bits per heavy atom. The maximum Gasteiger partial charge on any atom is 0.175 e. The van der Waals surface area contributed by atoms with Crippen LogP contribution in [0.3, 0.4) is 0 Å². The van der Waals surface area contributed by atoms with Crippen LogP contribution in [-0.2, 0) is 0 Å². The number of anilines is 2. The van der Waals surface area contributed by atoms with Gasteiger partial charge < -0.3 is 20.4 Å². The molecule has 33 heavy (non-hydrogen) atoms. The summed E-state index contributed by atoms with van der Waals surface area (Å²) in [6.07, 6.45) is 9.44. The van der Waals surface area contributed by atoms with Gasteiger partial charge in [0.25, 0.3) is 0 Å². The van der Waals surface area contributed by atoms with Crippen molar-refractivity contribution in [2.24, 2.45) is 0 Å². The second-order valence-corrected chi connectivity index (χ2v) is 9.51. The highest BCUT2D eigenvalue weighted by Gasteiger charge is 2.28. The summed E-state index contributed by atoms with van der Waals surface area (Å²) < 4.78 is 6.04. The molecular weight excluding hydrogens is 428 g/mol. The number of para-hydroxylation sites is 2. The van der Waals surface area contributed by atoms with E-state index in [1.165, 1.54) is 35.9 Å². The zero-order chi connectivity index (χ0) is 22.8. The summed E-state index contributed by atoms with van der Waals surface area (Å²) >= 11 is 5.63. The zero-order valence-corrected chi connectivity index (χ0v) is 20.2. The molecule has 0 amide bonds. The number of hydrogen-bond donors (Lipinski definition) is 3. The molecule has 5 nitrogen and oxygen atoms in total. The maximum atomic E-state index is 6.04. The van der Waals surface area contributed by atoms with Gasteiger partial charge in [0, 0.05) is 40.9 Å². The van der Waals surface area contributed by atoms with Crippen molar-refractivity contribution in [1.29, 1.82) is 0 Å².